The number of nitrogens with zero attached hydrogens (tertiary/aromatic N) is 2. The molecule has 0 bridgehead atoms. The van der Waals surface area contributed by atoms with Gasteiger partial charge >= 0.3 is 0 Å². The van der Waals surface area contributed by atoms with Gasteiger partial charge in [-0.2, -0.15) is 5.26 Å². The van der Waals surface area contributed by atoms with Crippen LogP contribution >= 0.6 is 11.6 Å². The lowest BCUT2D eigenvalue weighted by molar-refractivity contribution is -0.119. The number of furan rings is 1. The zero-order valence-electron chi connectivity index (χ0n) is 12.5. The summed E-state index contributed by atoms with van der Waals surface area (Å²) in [7, 11) is 0. The van der Waals surface area contributed by atoms with Crippen molar-refractivity contribution < 1.29 is 9.21 Å². The molecule has 24 heavy (non-hydrogen) atoms. The molecule has 0 spiro atoms. The summed E-state index contributed by atoms with van der Waals surface area (Å²) in [6.45, 7) is 0.322. The lowest BCUT2D eigenvalue weighted by Gasteiger charge is -2.11. The van der Waals surface area contributed by atoms with Gasteiger partial charge in [-0.3, -0.25) is 9.78 Å². The lowest BCUT2D eigenvalue weighted by atomic mass is 10.1. The van der Waals surface area contributed by atoms with E-state index in [2.05, 4.69) is 21.7 Å². The molecule has 3 rings (SSSR count). The zero-order valence-corrected chi connectivity index (χ0v) is 13.3. The smallest absolute Gasteiger partial charge is 0.239 e. The summed E-state index contributed by atoms with van der Waals surface area (Å²) in [5, 5.41) is 16.2. The third kappa shape index (κ3) is 3.47. The Bertz CT molecular complexity index is 916. The Kier molecular flexibility index (Phi) is 4.64. The molecule has 1 amide bonds. The molecule has 0 fully saturated rings. The van der Waals surface area contributed by atoms with Crippen molar-refractivity contribution in [2.75, 3.05) is 11.9 Å². The fraction of sp³-hybridized carbons (Fsp3) is 0.118. The number of halogens is 1. The molecule has 0 saturated heterocycles. The molecule has 0 aliphatic carbocycles. The third-order valence-corrected chi connectivity index (χ3v) is 3.65. The van der Waals surface area contributed by atoms with E-state index in [9.17, 15) is 10.1 Å². The van der Waals surface area contributed by atoms with Gasteiger partial charge in [0.05, 0.1) is 36.1 Å². The monoisotopic (exact) mass is 340 g/mol. The highest BCUT2D eigenvalue weighted by molar-refractivity contribution is 6.31. The SMILES string of the molecule is N#Cc1cnc2ccc(Cl)cc2c1NCC(=O)NCc1ccco1. The van der Waals surface area contributed by atoms with Crippen molar-refractivity contribution in [3.05, 3.63) is 59.1 Å². The molecule has 2 heterocycles. The molecule has 0 aliphatic rings. The highest BCUT2D eigenvalue weighted by Crippen LogP contribution is 2.27. The largest absolute Gasteiger partial charge is 0.467 e. The van der Waals surface area contributed by atoms with Crippen LogP contribution in [0.25, 0.3) is 10.9 Å². The van der Waals surface area contributed by atoms with Crippen LogP contribution in [0.4, 0.5) is 5.69 Å². The Morgan fingerprint density at radius 1 is 1.38 bits per heavy atom. The normalized spacial score (nSPS) is 10.3. The number of aromatic nitrogens is 1. The van der Waals surface area contributed by atoms with Crippen molar-refractivity contribution in [3.63, 3.8) is 0 Å². The van der Waals surface area contributed by atoms with Crippen LogP contribution in [-0.4, -0.2) is 17.4 Å². The van der Waals surface area contributed by atoms with Gasteiger partial charge in [-0.1, -0.05) is 11.6 Å². The van der Waals surface area contributed by atoms with E-state index in [-0.39, 0.29) is 12.5 Å². The van der Waals surface area contributed by atoms with Crippen molar-refractivity contribution in [2.24, 2.45) is 0 Å². The van der Waals surface area contributed by atoms with E-state index in [0.29, 0.717) is 39.5 Å². The number of fused-ring (bicyclic) bond motifs is 1. The first kappa shape index (κ1) is 15.8. The van der Waals surface area contributed by atoms with Crippen molar-refractivity contribution in [2.45, 2.75) is 6.54 Å². The van der Waals surface area contributed by atoms with Crippen LogP contribution in [0.2, 0.25) is 5.02 Å². The second kappa shape index (κ2) is 7.02. The van der Waals surface area contributed by atoms with Gasteiger partial charge in [0.2, 0.25) is 5.91 Å². The molecule has 7 heteroatoms. The minimum absolute atomic E-state index is 0.0149. The van der Waals surface area contributed by atoms with Crippen LogP contribution in [0.5, 0.6) is 0 Å². The van der Waals surface area contributed by atoms with Gasteiger partial charge in [-0.15, -0.1) is 0 Å². The number of amides is 1. The number of nitriles is 1. The van der Waals surface area contributed by atoms with Gasteiger partial charge < -0.3 is 15.1 Å². The average molecular weight is 341 g/mol. The first-order valence-electron chi connectivity index (χ1n) is 7.18. The van der Waals surface area contributed by atoms with Crippen LogP contribution < -0.4 is 10.6 Å². The van der Waals surface area contributed by atoms with Gasteiger partial charge in [0.25, 0.3) is 0 Å². The number of hydrogen-bond acceptors (Lipinski definition) is 5. The first-order chi connectivity index (χ1) is 11.7. The van der Waals surface area contributed by atoms with Gasteiger partial charge in [0.1, 0.15) is 11.8 Å². The Balaban J connectivity index is 1.75. The topological polar surface area (TPSA) is 91.0 Å². The summed E-state index contributed by atoms with van der Waals surface area (Å²) in [5.74, 6) is 0.449. The van der Waals surface area contributed by atoms with Gasteiger partial charge in [0, 0.05) is 16.6 Å². The summed E-state index contributed by atoms with van der Waals surface area (Å²) in [6, 6.07) is 10.8. The van der Waals surface area contributed by atoms with E-state index in [1.165, 1.54) is 6.20 Å². The second-order valence-electron chi connectivity index (χ2n) is 5.03. The molecule has 3 aromatic rings. The average Bonchev–Trinajstić information content (AvgIpc) is 3.11. The molecule has 6 nitrogen and oxygen atoms in total. The van der Waals surface area contributed by atoms with Crippen molar-refractivity contribution in [1.29, 1.82) is 5.26 Å². The summed E-state index contributed by atoms with van der Waals surface area (Å²) >= 11 is 6.03. The van der Waals surface area contributed by atoms with Crippen LogP contribution in [0.15, 0.2) is 47.2 Å². The minimum atomic E-state index is -0.220. The van der Waals surface area contributed by atoms with E-state index in [0.717, 1.165) is 0 Å². The number of benzene rings is 1. The summed E-state index contributed by atoms with van der Waals surface area (Å²) in [5.41, 5.74) is 1.58. The molecule has 0 unspecified atom stereocenters. The Labute approximate surface area is 143 Å². The van der Waals surface area contributed by atoms with Crippen molar-refractivity contribution >= 4 is 34.1 Å². The number of hydrogen-bond donors (Lipinski definition) is 2. The predicted molar refractivity (Wildman–Crippen MR) is 90.5 cm³/mol. The van der Waals surface area contributed by atoms with E-state index >= 15 is 0 Å². The maximum atomic E-state index is 12.0. The lowest BCUT2D eigenvalue weighted by Crippen LogP contribution is -2.29. The Morgan fingerprint density at radius 3 is 3.00 bits per heavy atom. The molecule has 0 atom stereocenters. The molecule has 2 N–H and O–H groups in total. The first-order valence-corrected chi connectivity index (χ1v) is 7.56. The minimum Gasteiger partial charge on any atom is -0.467 e. The molecule has 0 radical (unpaired) electrons. The maximum absolute atomic E-state index is 12.0. The molecule has 2 aromatic heterocycles. The summed E-state index contributed by atoms with van der Waals surface area (Å²) in [6.07, 6.45) is 3.02. The Morgan fingerprint density at radius 2 is 2.25 bits per heavy atom. The van der Waals surface area contributed by atoms with Crippen LogP contribution in [0.1, 0.15) is 11.3 Å². The van der Waals surface area contributed by atoms with E-state index < -0.39 is 0 Å². The van der Waals surface area contributed by atoms with Crippen molar-refractivity contribution in [1.82, 2.24) is 10.3 Å². The van der Waals surface area contributed by atoms with Gasteiger partial charge in [-0.25, -0.2) is 0 Å². The molecule has 0 saturated carbocycles. The fourth-order valence-corrected chi connectivity index (χ4v) is 2.44. The maximum Gasteiger partial charge on any atom is 0.239 e. The number of pyridine rings is 1. The molecule has 1 aromatic carbocycles. The number of carbonyl (C=O) groups is 1. The number of nitrogens with one attached hydrogen (secondary N) is 2. The predicted octanol–water partition coefficient (Wildman–Crippen LogP) is 3.08. The van der Waals surface area contributed by atoms with Crippen LogP contribution in [0.3, 0.4) is 0 Å². The molecular formula is C17H13ClN4O2. The second-order valence-corrected chi connectivity index (χ2v) is 5.47. The highest BCUT2D eigenvalue weighted by atomic mass is 35.5. The van der Waals surface area contributed by atoms with Crippen molar-refractivity contribution in [3.8, 4) is 6.07 Å². The number of carbonyl (C=O) groups excluding carboxylic acids is 1. The number of anilines is 1. The summed E-state index contributed by atoms with van der Waals surface area (Å²) in [4.78, 5) is 16.2. The quantitative estimate of drug-likeness (QED) is 0.744. The van der Waals surface area contributed by atoms with Gasteiger partial charge in [-0.05, 0) is 30.3 Å². The molecule has 0 aliphatic heterocycles. The standard InChI is InChI=1S/C17H13ClN4O2/c18-12-3-4-15-14(6-12)17(11(7-19)8-20-15)22-10-16(23)21-9-13-2-1-5-24-13/h1-6,8H,9-10H2,(H,20,22)(H,21,23). The summed E-state index contributed by atoms with van der Waals surface area (Å²) < 4.78 is 5.15. The fourth-order valence-electron chi connectivity index (χ4n) is 2.27. The van der Waals surface area contributed by atoms with Crippen LogP contribution in [-0.2, 0) is 11.3 Å². The molecular weight excluding hydrogens is 328 g/mol. The van der Waals surface area contributed by atoms with E-state index in [1.807, 2.05) is 0 Å². The Hall–Kier alpha value is -3.04. The highest BCUT2D eigenvalue weighted by Gasteiger charge is 2.11. The van der Waals surface area contributed by atoms with Gasteiger partial charge in [0.15, 0.2) is 0 Å². The molecule has 120 valence electrons. The van der Waals surface area contributed by atoms with Crippen LogP contribution in [0, 0.1) is 11.3 Å². The number of rotatable bonds is 5. The van der Waals surface area contributed by atoms with E-state index in [4.69, 9.17) is 16.0 Å². The van der Waals surface area contributed by atoms with E-state index in [1.54, 1.807) is 36.6 Å². The zero-order chi connectivity index (χ0) is 16.9. The third-order valence-electron chi connectivity index (χ3n) is 3.42.